The molecule has 1 aromatic heterocycles. The van der Waals surface area contributed by atoms with Gasteiger partial charge in [-0.3, -0.25) is 4.79 Å². The Morgan fingerprint density at radius 3 is 2.61 bits per heavy atom. The Morgan fingerprint density at radius 2 is 1.81 bits per heavy atom. The Morgan fingerprint density at radius 1 is 1.03 bits per heavy atom. The molecule has 5 nitrogen and oxygen atoms in total. The molecule has 154 valence electrons. The van der Waals surface area contributed by atoms with Crippen LogP contribution in [0.4, 0.5) is 0 Å². The topological polar surface area (TPSA) is 57.7 Å². The van der Waals surface area contributed by atoms with Crippen molar-refractivity contribution in [3.8, 4) is 17.2 Å². The number of aromatic nitrogens is 1. The molecule has 0 fully saturated rings. The lowest BCUT2D eigenvalue weighted by atomic mass is 10.0. The molecule has 0 spiro atoms. The molecule has 0 radical (unpaired) electrons. The first-order valence-electron chi connectivity index (χ1n) is 9.88. The number of carbonyl (C=O) groups excluding carboxylic acids is 1. The van der Waals surface area contributed by atoms with Crippen LogP contribution < -0.4 is 14.2 Å². The lowest BCUT2D eigenvalue weighted by molar-refractivity contribution is 0.105. The van der Waals surface area contributed by atoms with Gasteiger partial charge in [-0.1, -0.05) is 42.5 Å². The zero-order valence-corrected chi connectivity index (χ0v) is 17.6. The summed E-state index contributed by atoms with van der Waals surface area (Å²) in [7, 11) is 1.59. The Hall–Kier alpha value is -3.64. The van der Waals surface area contributed by atoms with E-state index in [0.29, 0.717) is 46.6 Å². The smallest absolute Gasteiger partial charge is 0.203 e. The van der Waals surface area contributed by atoms with Crippen molar-refractivity contribution in [2.75, 3.05) is 20.3 Å². The Kier molecular flexibility index (Phi) is 5.14. The molecule has 0 aliphatic carbocycles. The fraction of sp³-hybridized carbons (Fsp3) is 0.120. The van der Waals surface area contributed by atoms with E-state index in [-0.39, 0.29) is 5.78 Å². The average Bonchev–Trinajstić information content (AvgIpc) is 3.26. The van der Waals surface area contributed by atoms with Crippen LogP contribution >= 0.6 is 11.3 Å². The average molecular weight is 429 g/mol. The van der Waals surface area contributed by atoms with Crippen molar-refractivity contribution < 1.29 is 19.0 Å². The molecule has 0 unspecified atom stereocenters. The second kappa shape index (κ2) is 8.24. The monoisotopic (exact) mass is 429 g/mol. The highest BCUT2D eigenvalue weighted by molar-refractivity contribution is 7.20. The van der Waals surface area contributed by atoms with Gasteiger partial charge in [0.25, 0.3) is 0 Å². The van der Waals surface area contributed by atoms with Gasteiger partial charge < -0.3 is 14.2 Å². The van der Waals surface area contributed by atoms with Gasteiger partial charge >= 0.3 is 0 Å². The molecule has 0 atom stereocenters. The predicted molar refractivity (Wildman–Crippen MR) is 122 cm³/mol. The third kappa shape index (κ3) is 3.78. The number of ketones is 1. The van der Waals surface area contributed by atoms with Gasteiger partial charge in [0.1, 0.15) is 18.2 Å². The van der Waals surface area contributed by atoms with Gasteiger partial charge in [0.15, 0.2) is 17.3 Å². The molecule has 0 saturated heterocycles. The molecule has 0 N–H and O–H groups in total. The molecule has 0 saturated carbocycles. The van der Waals surface area contributed by atoms with Crippen LogP contribution in [0, 0.1) is 0 Å². The molecule has 0 amide bonds. The quantitative estimate of drug-likeness (QED) is 0.310. The maximum Gasteiger partial charge on any atom is 0.203 e. The molecule has 6 heteroatoms. The first-order chi connectivity index (χ1) is 15.2. The van der Waals surface area contributed by atoms with Crippen LogP contribution in [0.1, 0.15) is 20.9 Å². The Labute approximate surface area is 183 Å². The maximum atomic E-state index is 13.5. The molecule has 1 aliphatic rings. The zero-order chi connectivity index (χ0) is 21.2. The second-order valence-electron chi connectivity index (χ2n) is 6.99. The van der Waals surface area contributed by atoms with Crippen molar-refractivity contribution in [3.63, 3.8) is 0 Å². The van der Waals surface area contributed by atoms with Crippen molar-refractivity contribution in [1.82, 2.24) is 4.98 Å². The van der Waals surface area contributed by atoms with Crippen LogP contribution in [-0.4, -0.2) is 31.1 Å². The zero-order valence-electron chi connectivity index (χ0n) is 16.8. The van der Waals surface area contributed by atoms with Gasteiger partial charge in [0.05, 0.1) is 22.9 Å². The lowest BCUT2D eigenvalue weighted by Gasteiger charge is -2.21. The van der Waals surface area contributed by atoms with E-state index in [1.807, 2.05) is 72.8 Å². The summed E-state index contributed by atoms with van der Waals surface area (Å²) < 4.78 is 18.0. The van der Waals surface area contributed by atoms with Gasteiger partial charge in [0.2, 0.25) is 5.75 Å². The first kappa shape index (κ1) is 19.3. The third-order valence-electron chi connectivity index (χ3n) is 4.97. The summed E-state index contributed by atoms with van der Waals surface area (Å²) in [5.74, 6) is 1.67. The number of hydrogen-bond donors (Lipinski definition) is 0. The highest BCUT2D eigenvalue weighted by Gasteiger charge is 2.21. The van der Waals surface area contributed by atoms with Gasteiger partial charge in [-0.15, -0.1) is 11.3 Å². The number of benzene rings is 3. The minimum Gasteiger partial charge on any atom is -0.493 e. The predicted octanol–water partition coefficient (Wildman–Crippen LogP) is 5.50. The van der Waals surface area contributed by atoms with Crippen molar-refractivity contribution in [2.45, 2.75) is 0 Å². The Balaban J connectivity index is 1.67. The molecular weight excluding hydrogens is 410 g/mol. The number of carbonyl (C=O) groups is 1. The number of para-hydroxylation sites is 1. The van der Waals surface area contributed by atoms with Crippen LogP contribution in [0.5, 0.6) is 17.2 Å². The third-order valence-corrected chi connectivity index (χ3v) is 6.04. The number of thiazole rings is 1. The van der Waals surface area contributed by atoms with Gasteiger partial charge in [0, 0.05) is 5.56 Å². The lowest BCUT2D eigenvalue weighted by Crippen LogP contribution is -2.16. The van der Waals surface area contributed by atoms with Crippen LogP contribution in [0.25, 0.3) is 21.9 Å². The number of ether oxygens (including phenoxy) is 3. The Bertz CT molecular complexity index is 1240. The van der Waals surface area contributed by atoms with Crippen LogP contribution in [-0.2, 0) is 0 Å². The van der Waals surface area contributed by atoms with Crippen LogP contribution in [0.2, 0.25) is 0 Å². The van der Waals surface area contributed by atoms with E-state index in [4.69, 9.17) is 19.2 Å². The standard InChI is InChI=1S/C25H19NO4S/c1-28-20-14-16(15-21-24(20)30-12-11-29-21)13-18(23(27)17-7-3-2-4-8-17)25-26-19-9-5-6-10-22(19)31-25/h2-10,13-15H,11-12H2,1H3/b18-13-. The van der Waals surface area contributed by atoms with Gasteiger partial charge in [-0.25, -0.2) is 4.98 Å². The number of methoxy groups -OCH3 is 1. The minimum absolute atomic E-state index is 0.0893. The van der Waals surface area contributed by atoms with Gasteiger partial charge in [-0.2, -0.15) is 0 Å². The molecular formula is C25H19NO4S. The molecule has 2 heterocycles. The van der Waals surface area contributed by atoms with Crippen LogP contribution in [0.15, 0.2) is 66.7 Å². The van der Waals surface area contributed by atoms with Crippen molar-refractivity contribution in [2.24, 2.45) is 0 Å². The van der Waals surface area contributed by atoms with E-state index in [1.165, 1.54) is 11.3 Å². The van der Waals surface area contributed by atoms with Crippen molar-refractivity contribution in [3.05, 3.63) is 82.9 Å². The fourth-order valence-corrected chi connectivity index (χ4v) is 4.48. The van der Waals surface area contributed by atoms with E-state index in [9.17, 15) is 4.79 Å². The normalized spacial score (nSPS) is 13.3. The van der Waals surface area contributed by atoms with E-state index < -0.39 is 0 Å². The number of rotatable bonds is 5. The largest absolute Gasteiger partial charge is 0.493 e. The van der Waals surface area contributed by atoms with Crippen molar-refractivity contribution in [1.29, 1.82) is 0 Å². The fourth-order valence-electron chi connectivity index (χ4n) is 3.50. The number of nitrogens with zero attached hydrogens (tertiary/aromatic N) is 1. The number of fused-ring (bicyclic) bond motifs is 2. The SMILES string of the molecule is COc1cc(/C=C(/C(=O)c2ccccc2)c2nc3ccccc3s2)cc2c1OCCO2. The summed E-state index contributed by atoms with van der Waals surface area (Å²) in [5, 5.41) is 0.670. The highest BCUT2D eigenvalue weighted by atomic mass is 32.1. The minimum atomic E-state index is -0.0893. The van der Waals surface area contributed by atoms with Crippen LogP contribution in [0.3, 0.4) is 0 Å². The molecule has 3 aromatic carbocycles. The summed E-state index contributed by atoms with van der Waals surface area (Å²) in [6.07, 6.45) is 1.84. The van der Waals surface area contributed by atoms with E-state index in [1.54, 1.807) is 7.11 Å². The molecule has 0 bridgehead atoms. The maximum absolute atomic E-state index is 13.5. The molecule has 4 aromatic rings. The van der Waals surface area contributed by atoms with E-state index in [2.05, 4.69) is 0 Å². The molecule has 31 heavy (non-hydrogen) atoms. The first-order valence-corrected chi connectivity index (χ1v) is 10.7. The van der Waals surface area contributed by atoms with E-state index in [0.717, 1.165) is 15.8 Å². The number of Topliss-reactive ketones (excluding diaryl/α,β-unsaturated/α-hetero) is 1. The summed E-state index contributed by atoms with van der Waals surface area (Å²) >= 11 is 1.50. The van der Waals surface area contributed by atoms with Crippen molar-refractivity contribution >= 4 is 39.0 Å². The number of hydrogen-bond acceptors (Lipinski definition) is 6. The highest BCUT2D eigenvalue weighted by Crippen LogP contribution is 2.41. The summed E-state index contributed by atoms with van der Waals surface area (Å²) in [5.41, 5.74) is 2.78. The van der Waals surface area contributed by atoms with Gasteiger partial charge in [-0.05, 0) is 35.9 Å². The summed E-state index contributed by atoms with van der Waals surface area (Å²) in [6, 6.07) is 20.8. The molecule has 1 aliphatic heterocycles. The summed E-state index contributed by atoms with van der Waals surface area (Å²) in [4.78, 5) is 18.2. The van der Waals surface area contributed by atoms with E-state index >= 15 is 0 Å². The molecule has 5 rings (SSSR count). The second-order valence-corrected chi connectivity index (χ2v) is 8.02. The summed E-state index contributed by atoms with van der Waals surface area (Å²) in [6.45, 7) is 0.943. The number of allylic oxidation sites excluding steroid dienone is 1.